The van der Waals surface area contributed by atoms with Crippen LogP contribution in [0.1, 0.15) is 87.0 Å². The topological polar surface area (TPSA) is 54.4 Å². The van der Waals surface area contributed by atoms with Crippen LogP contribution < -0.4 is 0 Å². The van der Waals surface area contributed by atoms with Gasteiger partial charge in [0.25, 0.3) is 0 Å². The average molecular weight is 451 g/mol. The number of allylic oxidation sites excluding steroid dienone is 7. The molecule has 180 valence electrons. The number of carbonyl (C=O) groups is 2. The Balaban J connectivity index is 1.66. The number of aliphatic carboxylic acids is 1. The maximum absolute atomic E-state index is 12.7. The van der Waals surface area contributed by atoms with Crippen LogP contribution in [-0.2, 0) is 9.59 Å². The third kappa shape index (κ3) is 3.36. The van der Waals surface area contributed by atoms with Gasteiger partial charge in [-0.3, -0.25) is 4.79 Å². The Labute approximate surface area is 200 Å². The molecule has 0 unspecified atom stereocenters. The summed E-state index contributed by atoms with van der Waals surface area (Å²) in [4.78, 5) is 23.8. The average Bonchev–Trinajstić information content (AvgIpc) is 3.09. The third-order valence-corrected chi connectivity index (χ3v) is 10.7. The zero-order chi connectivity index (χ0) is 24.4. The molecule has 6 atom stereocenters. The van der Waals surface area contributed by atoms with Crippen molar-refractivity contribution < 1.29 is 14.7 Å². The van der Waals surface area contributed by atoms with Crippen molar-refractivity contribution in [2.24, 2.45) is 39.4 Å². The van der Waals surface area contributed by atoms with E-state index in [0.717, 1.165) is 25.7 Å². The van der Waals surface area contributed by atoms with Crippen LogP contribution in [0.5, 0.6) is 0 Å². The lowest BCUT2D eigenvalue weighted by atomic mass is 9.41. The van der Waals surface area contributed by atoms with E-state index in [1.807, 2.05) is 12.2 Å². The van der Waals surface area contributed by atoms with E-state index >= 15 is 0 Å². The quantitative estimate of drug-likeness (QED) is 0.447. The van der Waals surface area contributed by atoms with Gasteiger partial charge in [0.1, 0.15) is 0 Å². The highest BCUT2D eigenvalue weighted by molar-refractivity contribution is 5.96. The van der Waals surface area contributed by atoms with Gasteiger partial charge in [-0.25, -0.2) is 4.79 Å². The highest BCUT2D eigenvalue weighted by atomic mass is 16.4. The Morgan fingerprint density at radius 2 is 1.79 bits per heavy atom. The number of hydrogen-bond donors (Lipinski definition) is 1. The van der Waals surface area contributed by atoms with E-state index in [4.69, 9.17) is 5.11 Å². The normalized spacial score (nSPS) is 40.3. The maximum atomic E-state index is 12.7. The second-order valence-corrected chi connectivity index (χ2v) is 12.6. The first kappa shape index (κ1) is 24.2. The Bertz CT molecular complexity index is 992. The van der Waals surface area contributed by atoms with Crippen molar-refractivity contribution in [3.63, 3.8) is 0 Å². The summed E-state index contributed by atoms with van der Waals surface area (Å²) in [6, 6.07) is 0. The maximum Gasteiger partial charge on any atom is 0.330 e. The minimum atomic E-state index is -0.817. The van der Waals surface area contributed by atoms with E-state index in [1.54, 1.807) is 12.5 Å². The number of rotatable bonds is 5. The lowest BCUT2D eigenvalue weighted by Gasteiger charge is -2.62. The van der Waals surface area contributed by atoms with Crippen LogP contribution in [-0.4, -0.2) is 16.9 Å². The second kappa shape index (κ2) is 7.82. The molecule has 0 radical (unpaired) electrons. The fourth-order valence-electron chi connectivity index (χ4n) is 8.21. The number of carboxylic acid groups (broad SMARTS) is 1. The number of carbonyl (C=O) groups excluding carboxylic acids is 1. The van der Waals surface area contributed by atoms with Crippen molar-refractivity contribution in [1.82, 2.24) is 0 Å². The predicted molar refractivity (Wildman–Crippen MR) is 134 cm³/mol. The van der Waals surface area contributed by atoms with Crippen LogP contribution in [0.2, 0.25) is 0 Å². The molecule has 2 fully saturated rings. The molecule has 0 aromatic carbocycles. The summed E-state index contributed by atoms with van der Waals surface area (Å²) in [6.07, 6.45) is 17.3. The molecule has 3 heteroatoms. The molecule has 4 rings (SSSR count). The van der Waals surface area contributed by atoms with Gasteiger partial charge < -0.3 is 5.11 Å². The molecule has 0 saturated heterocycles. The summed E-state index contributed by atoms with van der Waals surface area (Å²) in [5, 5.41) is 9.13. The van der Waals surface area contributed by atoms with Crippen molar-refractivity contribution in [3.8, 4) is 0 Å². The molecular weight excluding hydrogens is 408 g/mol. The largest absolute Gasteiger partial charge is 0.478 e. The molecular formula is C30H42O3. The molecule has 0 aromatic rings. The summed E-state index contributed by atoms with van der Waals surface area (Å²) in [5.74, 6) is 0.902. The van der Waals surface area contributed by atoms with E-state index in [2.05, 4.69) is 59.8 Å². The first-order chi connectivity index (χ1) is 15.3. The monoisotopic (exact) mass is 450 g/mol. The fourth-order valence-corrected chi connectivity index (χ4v) is 8.21. The summed E-state index contributed by atoms with van der Waals surface area (Å²) >= 11 is 0. The van der Waals surface area contributed by atoms with E-state index < -0.39 is 5.97 Å². The Morgan fingerprint density at radius 3 is 2.45 bits per heavy atom. The van der Waals surface area contributed by atoms with Crippen molar-refractivity contribution >= 4 is 11.8 Å². The highest BCUT2D eigenvalue weighted by Crippen LogP contribution is 2.71. The van der Waals surface area contributed by atoms with Crippen LogP contribution in [0.3, 0.4) is 0 Å². The Hall–Kier alpha value is -1.90. The molecule has 2 saturated carbocycles. The standard InChI is InChI=1S/C30H42O3/c1-19(9-8-10-20(2)26(32)33)21-13-17-29(6)22(21)11-12-24-28(5)16-15-25(31)27(3,4)23(28)14-18-30(24,29)7/h10-12,15-16,19,21,23H,8-9,13-14,17-18H2,1-7H3,(H,32,33)/b20-10+/t19-,21-,23-,28+,29+,30-/m0/s1. The predicted octanol–water partition coefficient (Wildman–Crippen LogP) is 7.30. The smallest absolute Gasteiger partial charge is 0.330 e. The molecule has 1 N–H and O–H groups in total. The molecule has 0 spiro atoms. The summed E-state index contributed by atoms with van der Waals surface area (Å²) in [6.45, 7) is 15.7. The molecule has 4 aliphatic carbocycles. The lowest BCUT2D eigenvalue weighted by Crippen LogP contribution is -2.55. The van der Waals surface area contributed by atoms with Crippen LogP contribution >= 0.6 is 0 Å². The van der Waals surface area contributed by atoms with Gasteiger partial charge in [0.05, 0.1) is 0 Å². The van der Waals surface area contributed by atoms with E-state index in [9.17, 15) is 9.59 Å². The van der Waals surface area contributed by atoms with Crippen molar-refractivity contribution in [1.29, 1.82) is 0 Å². The van der Waals surface area contributed by atoms with Crippen LogP contribution in [0, 0.1) is 39.4 Å². The van der Waals surface area contributed by atoms with Gasteiger partial charge in [-0.15, -0.1) is 0 Å². The summed E-state index contributed by atoms with van der Waals surface area (Å²) in [7, 11) is 0. The molecule has 0 heterocycles. The zero-order valence-electron chi connectivity index (χ0n) is 21.6. The van der Waals surface area contributed by atoms with E-state index in [1.165, 1.54) is 18.4 Å². The molecule has 0 bridgehead atoms. The van der Waals surface area contributed by atoms with Gasteiger partial charge in [-0.2, -0.15) is 0 Å². The molecule has 3 nitrogen and oxygen atoms in total. The fraction of sp³-hybridized carbons (Fsp3) is 0.667. The van der Waals surface area contributed by atoms with Crippen LogP contribution in [0.25, 0.3) is 0 Å². The number of ketones is 1. The minimum Gasteiger partial charge on any atom is -0.478 e. The van der Waals surface area contributed by atoms with Gasteiger partial charge in [0, 0.05) is 16.4 Å². The van der Waals surface area contributed by atoms with Crippen LogP contribution in [0.4, 0.5) is 0 Å². The van der Waals surface area contributed by atoms with Gasteiger partial charge >= 0.3 is 5.97 Å². The van der Waals surface area contributed by atoms with E-state index in [-0.39, 0.29) is 27.4 Å². The second-order valence-electron chi connectivity index (χ2n) is 12.6. The molecule has 0 aliphatic heterocycles. The Kier molecular flexibility index (Phi) is 5.74. The Morgan fingerprint density at radius 1 is 1.12 bits per heavy atom. The van der Waals surface area contributed by atoms with Crippen LogP contribution in [0.15, 0.2) is 47.1 Å². The van der Waals surface area contributed by atoms with Gasteiger partial charge in [-0.1, -0.05) is 77.0 Å². The third-order valence-electron chi connectivity index (χ3n) is 10.7. The molecule has 33 heavy (non-hydrogen) atoms. The number of fused-ring (bicyclic) bond motifs is 5. The zero-order valence-corrected chi connectivity index (χ0v) is 21.6. The molecule has 4 aliphatic rings. The number of hydrogen-bond acceptors (Lipinski definition) is 2. The van der Waals surface area contributed by atoms with E-state index in [0.29, 0.717) is 23.3 Å². The molecule has 0 amide bonds. The van der Waals surface area contributed by atoms with Crippen molar-refractivity contribution in [3.05, 3.63) is 47.1 Å². The summed E-state index contributed by atoms with van der Waals surface area (Å²) in [5.41, 5.74) is 3.46. The SMILES string of the molecule is C/C(=C\CC[C@H](C)[C@@H]1CC[C@]2(C)C1=CC=C1[C@]3(C)C=CC(=O)C(C)(C)[C@@H]3CC[C@@]12C)C(=O)O. The van der Waals surface area contributed by atoms with Crippen molar-refractivity contribution in [2.45, 2.75) is 87.0 Å². The van der Waals surface area contributed by atoms with Gasteiger partial charge in [-0.05, 0) is 80.1 Å². The molecule has 0 aromatic heterocycles. The number of carboxylic acids is 1. The first-order valence-electron chi connectivity index (χ1n) is 12.9. The summed E-state index contributed by atoms with van der Waals surface area (Å²) < 4.78 is 0. The van der Waals surface area contributed by atoms with Gasteiger partial charge in [0.2, 0.25) is 0 Å². The van der Waals surface area contributed by atoms with Crippen molar-refractivity contribution in [2.75, 3.05) is 0 Å². The lowest BCUT2D eigenvalue weighted by molar-refractivity contribution is -0.132. The highest BCUT2D eigenvalue weighted by Gasteiger charge is 2.63. The van der Waals surface area contributed by atoms with Gasteiger partial charge in [0.15, 0.2) is 5.78 Å². The minimum absolute atomic E-state index is 0.0711. The first-order valence-corrected chi connectivity index (χ1v) is 12.9.